The van der Waals surface area contributed by atoms with E-state index in [9.17, 15) is 4.79 Å². The second-order valence-corrected chi connectivity index (χ2v) is 3.38. The number of carbonyl (C=O) groups is 1. The summed E-state index contributed by atoms with van der Waals surface area (Å²) in [5.41, 5.74) is 5.00. The zero-order valence-corrected chi connectivity index (χ0v) is 9.21. The van der Waals surface area contributed by atoms with E-state index in [4.69, 9.17) is 17.3 Å². The summed E-state index contributed by atoms with van der Waals surface area (Å²) in [5.74, 6) is 0.940. The molecule has 0 saturated heterocycles. The summed E-state index contributed by atoms with van der Waals surface area (Å²) in [5, 5.41) is 3.35. The lowest BCUT2D eigenvalue weighted by molar-refractivity contribution is -0.117. The first-order valence-electron chi connectivity index (χ1n) is 4.67. The van der Waals surface area contributed by atoms with Gasteiger partial charge in [0.25, 0.3) is 0 Å². The summed E-state index contributed by atoms with van der Waals surface area (Å²) in [6, 6.07) is 1.61. The lowest BCUT2D eigenvalue weighted by atomic mass is 10.4. The van der Waals surface area contributed by atoms with E-state index in [0.717, 1.165) is 0 Å². The summed E-state index contributed by atoms with van der Waals surface area (Å²) in [6.45, 7) is 2.39. The number of nitrogens with one attached hydrogen (secondary N) is 1. The molecule has 0 unspecified atom stereocenters. The zero-order chi connectivity index (χ0) is 11.3. The number of rotatable bonds is 5. The highest BCUT2D eigenvalue weighted by Crippen LogP contribution is 2.11. The van der Waals surface area contributed by atoms with Crippen LogP contribution in [0.25, 0.3) is 0 Å². The maximum Gasteiger partial charge on any atom is 0.219 e. The molecule has 0 bridgehead atoms. The molecule has 0 aliphatic rings. The van der Waals surface area contributed by atoms with E-state index in [1.807, 2.05) is 6.92 Å². The number of nitrogens with zero attached hydrogens (tertiary/aromatic N) is 2. The van der Waals surface area contributed by atoms with Crippen molar-refractivity contribution in [1.29, 1.82) is 0 Å². The first kappa shape index (κ1) is 11.7. The molecule has 1 rings (SSSR count). The van der Waals surface area contributed by atoms with Gasteiger partial charge in [0.1, 0.15) is 16.8 Å². The average molecular weight is 229 g/mol. The molecule has 6 heteroatoms. The number of carbonyl (C=O) groups excluding carboxylic acids is 1. The quantitative estimate of drug-likeness (QED) is 0.737. The minimum absolute atomic E-state index is 0.267. The molecular weight excluding hydrogens is 216 g/mol. The Morgan fingerprint density at radius 3 is 2.93 bits per heavy atom. The maximum absolute atomic E-state index is 10.5. The molecule has 15 heavy (non-hydrogen) atoms. The van der Waals surface area contributed by atoms with E-state index >= 15 is 0 Å². The van der Waals surface area contributed by atoms with Crippen molar-refractivity contribution in [2.45, 2.75) is 19.8 Å². The molecule has 1 aromatic heterocycles. The van der Waals surface area contributed by atoms with Crippen LogP contribution in [0.3, 0.4) is 0 Å². The third-order valence-electron chi connectivity index (χ3n) is 1.73. The van der Waals surface area contributed by atoms with E-state index < -0.39 is 0 Å². The highest BCUT2D eigenvalue weighted by Gasteiger charge is 2.01. The molecule has 1 aromatic rings. The standard InChI is InChI=1S/C9H13ClN4O/c1-2-8-13-6(10)5-9(14-8)12-4-3-7(11)15/h5H,2-4H2,1H3,(H2,11,15)(H,12,13,14). The minimum Gasteiger partial charge on any atom is -0.370 e. The normalized spacial score (nSPS) is 10.0. The van der Waals surface area contributed by atoms with Crippen molar-refractivity contribution >= 4 is 23.3 Å². The molecule has 0 aliphatic heterocycles. The molecule has 0 radical (unpaired) electrons. The van der Waals surface area contributed by atoms with Gasteiger partial charge in [-0.15, -0.1) is 0 Å². The summed E-state index contributed by atoms with van der Waals surface area (Å²) in [6.07, 6.45) is 0.980. The second-order valence-electron chi connectivity index (χ2n) is 2.99. The van der Waals surface area contributed by atoms with E-state index in [-0.39, 0.29) is 12.3 Å². The zero-order valence-electron chi connectivity index (χ0n) is 8.46. The fourth-order valence-corrected chi connectivity index (χ4v) is 1.23. The predicted molar refractivity (Wildman–Crippen MR) is 58.7 cm³/mol. The topological polar surface area (TPSA) is 80.9 Å². The summed E-state index contributed by atoms with van der Waals surface area (Å²) in [4.78, 5) is 18.7. The number of aryl methyl sites for hydroxylation is 1. The van der Waals surface area contributed by atoms with E-state index in [1.54, 1.807) is 6.07 Å². The van der Waals surface area contributed by atoms with Gasteiger partial charge in [-0.1, -0.05) is 18.5 Å². The van der Waals surface area contributed by atoms with Crippen LogP contribution in [0.15, 0.2) is 6.07 Å². The number of primary amides is 1. The number of nitrogens with two attached hydrogens (primary N) is 1. The summed E-state index contributed by atoms with van der Waals surface area (Å²) < 4.78 is 0. The van der Waals surface area contributed by atoms with Crippen molar-refractivity contribution in [3.05, 3.63) is 17.0 Å². The predicted octanol–water partition coefficient (Wildman–Crippen LogP) is 0.980. The van der Waals surface area contributed by atoms with Gasteiger partial charge in [-0.2, -0.15) is 0 Å². The summed E-state index contributed by atoms with van der Waals surface area (Å²) in [7, 11) is 0. The molecule has 1 heterocycles. The monoisotopic (exact) mass is 228 g/mol. The van der Waals surface area contributed by atoms with Gasteiger partial charge in [0.2, 0.25) is 5.91 Å². The smallest absolute Gasteiger partial charge is 0.219 e. The fourth-order valence-electron chi connectivity index (χ4n) is 1.03. The lowest BCUT2D eigenvalue weighted by Gasteiger charge is -2.05. The van der Waals surface area contributed by atoms with Crippen molar-refractivity contribution in [2.75, 3.05) is 11.9 Å². The molecule has 0 aromatic carbocycles. The van der Waals surface area contributed by atoms with Gasteiger partial charge in [-0.25, -0.2) is 9.97 Å². The van der Waals surface area contributed by atoms with Crippen LogP contribution >= 0.6 is 11.6 Å². The number of amides is 1. The van der Waals surface area contributed by atoms with E-state index in [1.165, 1.54) is 0 Å². The molecule has 0 aliphatic carbocycles. The third kappa shape index (κ3) is 4.12. The molecular formula is C9H13ClN4O. The molecule has 1 amide bonds. The summed E-state index contributed by atoms with van der Waals surface area (Å²) >= 11 is 5.79. The van der Waals surface area contributed by atoms with E-state index in [0.29, 0.717) is 29.8 Å². The van der Waals surface area contributed by atoms with Crippen molar-refractivity contribution < 1.29 is 4.79 Å². The van der Waals surface area contributed by atoms with Gasteiger partial charge in [0.05, 0.1) is 0 Å². The van der Waals surface area contributed by atoms with Crippen LogP contribution in [0, 0.1) is 0 Å². The molecule has 0 saturated carbocycles. The highest BCUT2D eigenvalue weighted by molar-refractivity contribution is 6.29. The molecule has 82 valence electrons. The number of anilines is 1. The Bertz CT molecular complexity index is 356. The van der Waals surface area contributed by atoms with Gasteiger partial charge in [0, 0.05) is 25.5 Å². The molecule has 0 atom stereocenters. The Labute approximate surface area is 93.0 Å². The van der Waals surface area contributed by atoms with Crippen molar-refractivity contribution in [3.8, 4) is 0 Å². The SMILES string of the molecule is CCc1nc(Cl)cc(NCCC(N)=O)n1. The first-order valence-corrected chi connectivity index (χ1v) is 5.05. The Kier molecular flexibility index (Phi) is 4.30. The van der Waals surface area contributed by atoms with Gasteiger partial charge < -0.3 is 11.1 Å². The number of halogens is 1. The van der Waals surface area contributed by atoms with Crippen LogP contribution in [0.5, 0.6) is 0 Å². The Balaban J connectivity index is 2.60. The van der Waals surface area contributed by atoms with Gasteiger partial charge in [0.15, 0.2) is 0 Å². The van der Waals surface area contributed by atoms with Crippen molar-refractivity contribution in [2.24, 2.45) is 5.73 Å². The first-order chi connectivity index (χ1) is 7.11. The van der Waals surface area contributed by atoms with Gasteiger partial charge in [-0.3, -0.25) is 4.79 Å². The molecule has 0 spiro atoms. The van der Waals surface area contributed by atoms with Crippen molar-refractivity contribution in [1.82, 2.24) is 9.97 Å². The van der Waals surface area contributed by atoms with Gasteiger partial charge >= 0.3 is 0 Å². The van der Waals surface area contributed by atoms with Crippen LogP contribution in [0.2, 0.25) is 5.15 Å². The van der Waals surface area contributed by atoms with E-state index in [2.05, 4.69) is 15.3 Å². The Morgan fingerprint density at radius 1 is 1.60 bits per heavy atom. The van der Waals surface area contributed by atoms with Crippen LogP contribution in [-0.2, 0) is 11.2 Å². The second kappa shape index (κ2) is 5.50. The number of aromatic nitrogens is 2. The lowest BCUT2D eigenvalue weighted by Crippen LogP contribution is -2.16. The van der Waals surface area contributed by atoms with Gasteiger partial charge in [-0.05, 0) is 0 Å². The maximum atomic E-state index is 10.5. The van der Waals surface area contributed by atoms with Crippen molar-refractivity contribution in [3.63, 3.8) is 0 Å². The highest BCUT2D eigenvalue weighted by atomic mass is 35.5. The third-order valence-corrected chi connectivity index (χ3v) is 1.93. The molecule has 3 N–H and O–H groups in total. The average Bonchev–Trinajstić information content (AvgIpc) is 2.16. The largest absolute Gasteiger partial charge is 0.370 e. The fraction of sp³-hybridized carbons (Fsp3) is 0.444. The Morgan fingerprint density at radius 2 is 2.33 bits per heavy atom. The minimum atomic E-state index is -0.349. The van der Waals surface area contributed by atoms with Crippen LogP contribution in [0.4, 0.5) is 5.82 Å². The Hall–Kier alpha value is -1.36. The number of hydrogen-bond acceptors (Lipinski definition) is 4. The van der Waals surface area contributed by atoms with Crippen LogP contribution < -0.4 is 11.1 Å². The molecule has 5 nitrogen and oxygen atoms in total. The van der Waals surface area contributed by atoms with Crippen LogP contribution in [0.1, 0.15) is 19.2 Å². The van der Waals surface area contributed by atoms with Crippen LogP contribution in [-0.4, -0.2) is 22.4 Å². The number of hydrogen-bond donors (Lipinski definition) is 2. The molecule has 0 fully saturated rings.